The van der Waals surface area contributed by atoms with E-state index in [0.717, 1.165) is 23.4 Å². The number of ether oxygens (including phenoxy) is 3. The number of aromatic nitrogens is 1. The first kappa shape index (κ1) is 42.2. The number of oxime groups is 1. The van der Waals surface area contributed by atoms with E-state index in [4.69, 9.17) is 29.3 Å². The molecular weight excluding hydrogens is 781 g/mol. The number of fused-ring (bicyclic) bond motifs is 1. The zero-order valence-electron chi connectivity index (χ0n) is 31.4. The molecule has 3 aliphatic heterocycles. The van der Waals surface area contributed by atoms with E-state index >= 15 is 0 Å². The van der Waals surface area contributed by atoms with Gasteiger partial charge < -0.3 is 40.5 Å². The van der Waals surface area contributed by atoms with Gasteiger partial charge in [-0.15, -0.1) is 15.6 Å². The lowest BCUT2D eigenvalue weighted by molar-refractivity contribution is -0.218. The van der Waals surface area contributed by atoms with E-state index in [-0.39, 0.29) is 23.4 Å². The van der Waals surface area contributed by atoms with Gasteiger partial charge in [0.05, 0.1) is 24.8 Å². The van der Waals surface area contributed by atoms with E-state index in [1.807, 2.05) is 0 Å². The first-order valence-corrected chi connectivity index (χ1v) is 19.5. The lowest BCUT2D eigenvalue weighted by Gasteiger charge is -2.50. The number of carboxylic acid groups (broad SMARTS) is 1. The number of aliphatic carboxylic acids is 1. The van der Waals surface area contributed by atoms with Crippen molar-refractivity contribution >= 4 is 62.3 Å². The number of β-lactam (4-membered cyclic amide) rings is 1. The van der Waals surface area contributed by atoms with Crippen molar-refractivity contribution in [3.63, 3.8) is 0 Å². The highest BCUT2D eigenvalue weighted by Gasteiger charge is 2.58. The molecule has 0 unspecified atom stereocenters. The normalized spacial score (nSPS) is 22.4. The number of aliphatic imine (C=N–C) groups is 1. The Kier molecular flexibility index (Phi) is 12.3. The van der Waals surface area contributed by atoms with Crippen LogP contribution in [0.3, 0.4) is 0 Å². The van der Waals surface area contributed by atoms with E-state index in [9.17, 15) is 32.7 Å². The van der Waals surface area contributed by atoms with Crippen molar-refractivity contribution in [2.24, 2.45) is 15.9 Å². The third kappa shape index (κ3) is 9.89. The van der Waals surface area contributed by atoms with Crippen LogP contribution in [0, 0.1) is 0 Å². The number of anilines is 1. The van der Waals surface area contributed by atoms with Gasteiger partial charge in [0.1, 0.15) is 28.9 Å². The quantitative estimate of drug-likeness (QED) is 0.0540. The summed E-state index contributed by atoms with van der Waals surface area (Å²) in [6.07, 6.45) is -1.58. The number of amidine groups is 1. The first-order valence-electron chi connectivity index (χ1n) is 17.3. The smallest absolute Gasteiger partial charge is 0.418 e. The molecule has 4 atom stereocenters. The summed E-state index contributed by atoms with van der Waals surface area (Å²) in [4.78, 5) is 66.1. The van der Waals surface area contributed by atoms with Crippen molar-refractivity contribution in [1.29, 1.82) is 0 Å². The molecule has 21 nitrogen and oxygen atoms in total. The molecule has 23 heteroatoms. The van der Waals surface area contributed by atoms with Crippen LogP contribution in [0.4, 0.5) is 9.93 Å². The fourth-order valence-corrected chi connectivity index (χ4v) is 6.93. The highest BCUT2D eigenvalue weighted by atomic mass is 32.3. The SMILES string of the molecule is CC(C)(C)OC(=O)Nc1nc(/C(=N/O[C@](C)(C(=O)O)[C@H]2CCc3cc(C(N)=NC[C@@H]4CNCCO4)ccc3O2)C(=O)N[C@@H]2C(=O)N(OS(=O)(=O)O)C2(C)C)cs1. The Morgan fingerprint density at radius 2 is 1.96 bits per heavy atom. The number of nitrogens with zero attached hydrogens (tertiary/aromatic N) is 4. The average molecular weight is 825 g/mol. The molecular formula is C33H44N8O13S2. The second-order valence-corrected chi connectivity index (χ2v) is 16.6. The predicted octanol–water partition coefficient (Wildman–Crippen LogP) is 0.982. The number of amides is 3. The van der Waals surface area contributed by atoms with Crippen LogP contribution in [0.15, 0.2) is 33.7 Å². The van der Waals surface area contributed by atoms with Gasteiger partial charge >= 0.3 is 22.5 Å². The average Bonchev–Trinajstić information content (AvgIpc) is 3.57. The predicted molar refractivity (Wildman–Crippen MR) is 199 cm³/mol. The van der Waals surface area contributed by atoms with Crippen LogP contribution in [0.2, 0.25) is 0 Å². The third-order valence-corrected chi connectivity index (χ3v) is 9.92. The summed E-state index contributed by atoms with van der Waals surface area (Å²) >= 11 is 0.872. The second kappa shape index (κ2) is 16.3. The van der Waals surface area contributed by atoms with Crippen LogP contribution < -0.4 is 26.4 Å². The Morgan fingerprint density at radius 1 is 1.23 bits per heavy atom. The molecule has 1 aromatic heterocycles. The van der Waals surface area contributed by atoms with Crippen molar-refractivity contribution in [1.82, 2.24) is 20.7 Å². The fourth-order valence-electron chi connectivity index (χ4n) is 5.79. The number of carbonyl (C=O) groups is 4. The van der Waals surface area contributed by atoms with Gasteiger partial charge in [0.15, 0.2) is 16.9 Å². The van der Waals surface area contributed by atoms with Crippen LogP contribution in [-0.2, 0) is 49.8 Å². The minimum atomic E-state index is -5.08. The van der Waals surface area contributed by atoms with Crippen molar-refractivity contribution in [3.05, 3.63) is 40.4 Å². The number of nitrogens with one attached hydrogen (secondary N) is 3. The molecule has 3 amide bonds. The Morgan fingerprint density at radius 3 is 2.59 bits per heavy atom. The number of carboxylic acids is 1. The van der Waals surface area contributed by atoms with Crippen molar-refractivity contribution in [3.8, 4) is 5.75 Å². The van der Waals surface area contributed by atoms with Gasteiger partial charge in [-0.2, -0.15) is 13.5 Å². The molecule has 0 saturated carbocycles. The number of carbonyl (C=O) groups excluding carboxylic acids is 3. The maximum Gasteiger partial charge on any atom is 0.418 e. The molecule has 306 valence electrons. The third-order valence-electron chi connectivity index (χ3n) is 8.83. The zero-order valence-corrected chi connectivity index (χ0v) is 33.0. The van der Waals surface area contributed by atoms with Crippen LogP contribution >= 0.6 is 11.3 Å². The number of rotatable bonds is 13. The van der Waals surface area contributed by atoms with Gasteiger partial charge in [0, 0.05) is 24.0 Å². The lowest BCUT2D eigenvalue weighted by Crippen LogP contribution is -2.76. The molecule has 0 bridgehead atoms. The minimum Gasteiger partial charge on any atom is -0.485 e. The van der Waals surface area contributed by atoms with E-state index < -0.39 is 68.9 Å². The molecule has 7 N–H and O–H groups in total. The Hall–Kier alpha value is -4.94. The second-order valence-electron chi connectivity index (χ2n) is 14.7. The van der Waals surface area contributed by atoms with Gasteiger partial charge in [0.25, 0.3) is 17.4 Å². The van der Waals surface area contributed by atoms with Crippen LogP contribution in [-0.4, -0.2) is 125 Å². The lowest BCUT2D eigenvalue weighted by atomic mass is 9.84. The molecule has 56 heavy (non-hydrogen) atoms. The van der Waals surface area contributed by atoms with Gasteiger partial charge in [-0.3, -0.25) is 24.5 Å². The molecule has 0 aliphatic carbocycles. The monoisotopic (exact) mass is 824 g/mol. The summed E-state index contributed by atoms with van der Waals surface area (Å²) in [5, 5.41) is 24.1. The topological polar surface area (TPSA) is 292 Å². The van der Waals surface area contributed by atoms with Crippen molar-refractivity contribution < 1.29 is 60.6 Å². The zero-order chi connectivity index (χ0) is 41.2. The number of hydroxylamine groups is 2. The summed E-state index contributed by atoms with van der Waals surface area (Å²) in [7, 11) is -5.08. The molecule has 1 aromatic carbocycles. The van der Waals surface area contributed by atoms with E-state index in [1.165, 1.54) is 26.2 Å². The fraction of sp³-hybridized carbons (Fsp3) is 0.545. The minimum absolute atomic E-state index is 0.0277. The maximum atomic E-state index is 13.8. The van der Waals surface area contributed by atoms with Crippen LogP contribution in [0.5, 0.6) is 5.75 Å². The highest BCUT2D eigenvalue weighted by molar-refractivity contribution is 7.80. The number of benzene rings is 1. The summed E-state index contributed by atoms with van der Waals surface area (Å²) in [5.41, 5.74) is 2.30. The van der Waals surface area contributed by atoms with Crippen molar-refractivity contribution in [2.75, 3.05) is 31.6 Å². The standard InChI is InChI=1S/C33H44N8O13S2/c1-31(2,3)52-30(46)39-29-37-20(16-55-29)23(26(42)38-24-27(43)41(32(24,4)5)54-56(47,48)49)40-53-33(6,28(44)45)22-10-8-17-13-18(7-9-21(17)51-22)25(34)36-15-19-14-35-11-12-50-19/h7,9,13,16,19,22,24,35H,8,10-12,14-15H2,1-6H3,(H2,34,36)(H,38,42)(H,44,45)(H,37,39,46)(H,47,48,49)/b40-23-/t19-,22+,24+,33-/m0/s1. The van der Waals surface area contributed by atoms with Gasteiger partial charge in [0.2, 0.25) is 0 Å². The van der Waals surface area contributed by atoms with E-state index in [2.05, 4.69) is 35.4 Å². The van der Waals surface area contributed by atoms with Gasteiger partial charge in [-0.05, 0) is 78.1 Å². The number of nitrogens with two attached hydrogens (primary N) is 1. The van der Waals surface area contributed by atoms with Crippen molar-refractivity contribution in [2.45, 2.75) is 89.4 Å². The Balaban J connectivity index is 1.38. The van der Waals surface area contributed by atoms with Crippen LogP contribution in [0.25, 0.3) is 0 Å². The Bertz CT molecular complexity index is 2020. The highest BCUT2D eigenvalue weighted by Crippen LogP contribution is 2.35. The number of aryl methyl sites for hydroxylation is 1. The molecule has 0 radical (unpaired) electrons. The maximum absolute atomic E-state index is 13.8. The number of hydrogen-bond donors (Lipinski definition) is 6. The molecule has 2 saturated heterocycles. The first-order chi connectivity index (χ1) is 26.1. The number of hydrogen-bond acceptors (Lipinski definition) is 16. The van der Waals surface area contributed by atoms with Crippen LogP contribution in [0.1, 0.15) is 64.8 Å². The molecule has 3 aliphatic rings. The van der Waals surface area contributed by atoms with Gasteiger partial charge in [-0.25, -0.2) is 14.6 Å². The summed E-state index contributed by atoms with van der Waals surface area (Å²) in [6.45, 7) is 11.3. The largest absolute Gasteiger partial charge is 0.485 e. The molecule has 0 spiro atoms. The van der Waals surface area contributed by atoms with E-state index in [1.54, 1.807) is 39.0 Å². The van der Waals surface area contributed by atoms with Gasteiger partial charge in [-0.1, -0.05) is 5.16 Å². The molecule has 2 aromatic rings. The molecule has 4 heterocycles. The molecule has 2 fully saturated rings. The summed E-state index contributed by atoms with van der Waals surface area (Å²) in [5.74, 6) is -2.95. The number of thiazole rings is 1. The van der Waals surface area contributed by atoms with E-state index in [0.29, 0.717) is 48.3 Å². The number of morpholine rings is 1. The Labute approximate surface area is 325 Å². The molecule has 5 rings (SSSR count). The summed E-state index contributed by atoms with van der Waals surface area (Å²) in [6, 6.07) is 3.73. The summed E-state index contributed by atoms with van der Waals surface area (Å²) < 4.78 is 53.1.